The van der Waals surface area contributed by atoms with Crippen LogP contribution in [0.1, 0.15) is 142 Å². The number of fused-ring (bicyclic) bond motifs is 6. The molecular weight excluding hydrogens is 950 g/mol. The topological polar surface area (TPSA) is 144 Å². The number of nitrogens with zero attached hydrogens (tertiary/aromatic N) is 4. The van der Waals surface area contributed by atoms with Gasteiger partial charge in [0, 0.05) is 102 Å². The molecule has 3 saturated heterocycles. The summed E-state index contributed by atoms with van der Waals surface area (Å²) < 4.78 is 58.4. The summed E-state index contributed by atoms with van der Waals surface area (Å²) in [7, 11) is 1.82. The van der Waals surface area contributed by atoms with Gasteiger partial charge >= 0.3 is 6.18 Å². The second-order valence-corrected chi connectivity index (χ2v) is 23.8. The summed E-state index contributed by atoms with van der Waals surface area (Å²) in [6.45, 7) is 7.91. The van der Waals surface area contributed by atoms with Gasteiger partial charge in [-0.1, -0.05) is 62.4 Å². The second kappa shape index (κ2) is 17.0. The number of carbonyl (C=O) groups is 5. The number of hydrogen-bond acceptors (Lipinski definition) is 8. The lowest BCUT2D eigenvalue weighted by molar-refractivity contribution is -0.159. The Balaban J connectivity index is 0.771. The van der Waals surface area contributed by atoms with Crippen LogP contribution in [0.25, 0.3) is 0 Å². The number of anilines is 1. The van der Waals surface area contributed by atoms with Gasteiger partial charge in [0.15, 0.2) is 0 Å². The standard InChI is InChI=1S/C55H60ClF4N7O5/c1-50(2,3)27-41-54(30-62-38-25-40(55(58,59)60)61-28-36(38)54)43(34-9-6-10-37(56)44(34)57)45(63-41)48(71)65(4)53-18-15-51(16-19-53,17-20-53)49(72)66-23-21-52(22-24-66)26-32(52)12-11-31-7-5-8-33-35(31)29-67(47(33)70)39-13-14-42(68)64-46(39)69/h5-10,25,28,32,39,41,43,45,62-63H,13-24,26-27,29-30H2,1-4H3,(H,64,68,69)/t32-,39?,41-,43-,45+,51?,53?,54-/m0/s1. The molecule has 72 heavy (non-hydrogen) atoms. The smallest absolute Gasteiger partial charge is 0.384 e. The molecule has 2 bridgehead atoms. The summed E-state index contributed by atoms with van der Waals surface area (Å²) >= 11 is 6.46. The average molecular weight is 1010 g/mol. The molecule has 2 spiro atoms. The van der Waals surface area contributed by atoms with E-state index in [0.29, 0.717) is 75.6 Å². The molecule has 4 aliphatic carbocycles. The monoisotopic (exact) mass is 1010 g/mol. The molecule has 17 heteroatoms. The van der Waals surface area contributed by atoms with E-state index in [-0.39, 0.29) is 76.2 Å². The maximum Gasteiger partial charge on any atom is 0.433 e. The molecule has 3 aromatic rings. The van der Waals surface area contributed by atoms with Crippen LogP contribution < -0.4 is 16.0 Å². The molecule has 6 heterocycles. The third kappa shape index (κ3) is 7.80. The zero-order valence-corrected chi connectivity index (χ0v) is 41.8. The molecule has 12 rings (SSSR count). The van der Waals surface area contributed by atoms with Gasteiger partial charge in [0.25, 0.3) is 5.91 Å². The predicted molar refractivity (Wildman–Crippen MR) is 260 cm³/mol. The van der Waals surface area contributed by atoms with Crippen LogP contribution in [0.4, 0.5) is 23.2 Å². The number of imide groups is 1. The SMILES string of the molecule is CN(C(=O)[C@@H]1N[C@@H](CC(C)(C)C)[C@@]2(CNc3cc(C(F)(F)F)ncc32)[C@H]1c1cccc(Cl)c1F)C12CCC(C(=O)N3CCC4(CC3)C[C@@H]4C#Cc3cccc4c3CN(C3CCC(=O)NC3=O)C4=O)(CC1)CC2. The zero-order chi connectivity index (χ0) is 50.9. The van der Waals surface area contributed by atoms with Crippen LogP contribution in [0.5, 0.6) is 0 Å². The predicted octanol–water partition coefficient (Wildman–Crippen LogP) is 8.11. The molecule has 12 nitrogen and oxygen atoms in total. The molecule has 7 fully saturated rings. The highest BCUT2D eigenvalue weighted by Crippen LogP contribution is 2.62. The highest BCUT2D eigenvalue weighted by molar-refractivity contribution is 6.30. The van der Waals surface area contributed by atoms with Crippen molar-refractivity contribution in [1.82, 2.24) is 30.3 Å². The van der Waals surface area contributed by atoms with Gasteiger partial charge in [-0.3, -0.25) is 34.3 Å². The Kier molecular flexibility index (Phi) is 11.5. The van der Waals surface area contributed by atoms with Crippen molar-refractivity contribution < 1.29 is 41.5 Å². The minimum atomic E-state index is -4.68. The highest BCUT2D eigenvalue weighted by Gasteiger charge is 2.64. The van der Waals surface area contributed by atoms with Gasteiger partial charge < -0.3 is 25.3 Å². The van der Waals surface area contributed by atoms with Gasteiger partial charge in [0.2, 0.25) is 23.6 Å². The average Bonchev–Trinajstić information content (AvgIpc) is 3.55. The quantitative estimate of drug-likeness (QED) is 0.128. The van der Waals surface area contributed by atoms with E-state index in [1.54, 1.807) is 23.1 Å². The Hall–Kier alpha value is -5.53. The minimum absolute atomic E-state index is 0.0368. The van der Waals surface area contributed by atoms with Gasteiger partial charge in [-0.2, -0.15) is 13.2 Å². The number of rotatable bonds is 6. The third-order valence-corrected chi connectivity index (χ3v) is 18.8. The largest absolute Gasteiger partial charge is 0.433 e. The van der Waals surface area contributed by atoms with E-state index in [9.17, 15) is 32.3 Å². The number of halogens is 5. The number of hydrogen-bond donors (Lipinski definition) is 3. The fourth-order valence-electron chi connectivity index (χ4n) is 14.2. The number of nitrogens with one attached hydrogen (secondary N) is 3. The van der Waals surface area contributed by atoms with Crippen molar-refractivity contribution in [2.45, 2.75) is 146 Å². The van der Waals surface area contributed by atoms with Crippen molar-refractivity contribution in [3.05, 3.63) is 93.0 Å². The van der Waals surface area contributed by atoms with Crippen LogP contribution in [0, 0.1) is 39.8 Å². The van der Waals surface area contributed by atoms with E-state index in [1.165, 1.54) is 12.3 Å². The van der Waals surface area contributed by atoms with Crippen LogP contribution >= 0.6 is 11.6 Å². The van der Waals surface area contributed by atoms with Gasteiger partial charge in [-0.05, 0) is 117 Å². The number of likely N-dealkylation sites (tertiary alicyclic amines) is 1. The third-order valence-electron chi connectivity index (χ3n) is 18.5. The van der Waals surface area contributed by atoms with Crippen molar-refractivity contribution in [3.8, 4) is 11.8 Å². The summed E-state index contributed by atoms with van der Waals surface area (Å²) in [5.74, 6) is 4.47. The molecule has 380 valence electrons. The van der Waals surface area contributed by atoms with Gasteiger partial charge in [0.05, 0.1) is 11.1 Å². The Morgan fingerprint density at radius 1 is 0.972 bits per heavy atom. The number of benzene rings is 2. The summed E-state index contributed by atoms with van der Waals surface area (Å²) in [5, 5.41) is 9.14. The van der Waals surface area contributed by atoms with Crippen LogP contribution in [-0.4, -0.2) is 99.6 Å². The minimum Gasteiger partial charge on any atom is -0.384 e. The molecule has 1 aromatic heterocycles. The lowest BCUT2D eigenvalue weighted by Gasteiger charge is -2.57. The van der Waals surface area contributed by atoms with E-state index >= 15 is 9.18 Å². The number of amides is 5. The summed E-state index contributed by atoms with van der Waals surface area (Å²) in [6.07, 6.45) is 4.02. The number of pyridine rings is 1. The summed E-state index contributed by atoms with van der Waals surface area (Å²) in [4.78, 5) is 77.1. The second-order valence-electron chi connectivity index (χ2n) is 23.4. The lowest BCUT2D eigenvalue weighted by atomic mass is 9.56. The van der Waals surface area contributed by atoms with E-state index in [2.05, 4.69) is 53.5 Å². The molecule has 5 amide bonds. The van der Waals surface area contributed by atoms with Crippen molar-refractivity contribution in [3.63, 3.8) is 0 Å². The normalized spacial score (nSPS) is 31.2. The Bertz CT molecular complexity index is 2860. The number of alkyl halides is 3. The first-order chi connectivity index (χ1) is 34.1. The molecule has 6 atom stereocenters. The van der Waals surface area contributed by atoms with Crippen molar-refractivity contribution in [2.75, 3.05) is 32.0 Å². The number of likely N-dealkylation sites (N-methyl/N-ethyl adjacent to an activating group) is 1. The molecule has 2 aromatic carbocycles. The maximum absolute atomic E-state index is 16.5. The Morgan fingerprint density at radius 2 is 1.68 bits per heavy atom. The molecule has 4 saturated carbocycles. The van der Waals surface area contributed by atoms with Crippen molar-refractivity contribution >= 4 is 46.8 Å². The van der Waals surface area contributed by atoms with Crippen LogP contribution in [0.15, 0.2) is 48.7 Å². The van der Waals surface area contributed by atoms with Gasteiger partial charge in [0.1, 0.15) is 17.6 Å². The Morgan fingerprint density at radius 3 is 2.36 bits per heavy atom. The summed E-state index contributed by atoms with van der Waals surface area (Å²) in [6, 6.07) is 9.10. The van der Waals surface area contributed by atoms with E-state index in [4.69, 9.17) is 11.6 Å². The van der Waals surface area contributed by atoms with E-state index < -0.39 is 64.0 Å². The van der Waals surface area contributed by atoms with Crippen LogP contribution in [0.2, 0.25) is 5.02 Å². The van der Waals surface area contributed by atoms with E-state index in [0.717, 1.165) is 36.5 Å². The van der Waals surface area contributed by atoms with Gasteiger partial charge in [-0.25, -0.2) is 4.39 Å². The van der Waals surface area contributed by atoms with Crippen LogP contribution in [-0.2, 0) is 37.3 Å². The van der Waals surface area contributed by atoms with Crippen molar-refractivity contribution in [2.24, 2.45) is 22.2 Å². The molecular formula is C55H60ClF4N7O5. The summed E-state index contributed by atoms with van der Waals surface area (Å²) in [5.41, 5.74) is -0.342. The molecule has 3 N–H and O–H groups in total. The number of carbonyl (C=O) groups excluding carboxylic acids is 5. The molecule has 9 aliphatic rings. The first-order valence-corrected chi connectivity index (χ1v) is 25.8. The van der Waals surface area contributed by atoms with Gasteiger partial charge in [-0.15, -0.1) is 0 Å². The first-order valence-electron chi connectivity index (χ1n) is 25.5. The van der Waals surface area contributed by atoms with Crippen LogP contribution in [0.3, 0.4) is 0 Å². The fraction of sp³-hybridized carbons (Fsp3) is 0.564. The molecule has 5 aliphatic heterocycles. The molecule has 0 radical (unpaired) electrons. The highest BCUT2D eigenvalue weighted by atomic mass is 35.5. The number of aromatic nitrogens is 1. The zero-order valence-electron chi connectivity index (χ0n) is 41.0. The Labute approximate surface area is 421 Å². The lowest BCUT2D eigenvalue weighted by Crippen LogP contribution is -2.63. The molecule has 1 unspecified atom stereocenters. The fourth-order valence-corrected chi connectivity index (χ4v) is 14.4. The van der Waals surface area contributed by atoms with E-state index in [1.807, 2.05) is 29.0 Å². The maximum atomic E-state index is 16.5. The first kappa shape index (κ1) is 48.7. The number of piperidine rings is 2. The van der Waals surface area contributed by atoms with Crippen molar-refractivity contribution in [1.29, 1.82) is 0 Å².